The number of carbonyl (C=O) groups is 1. The van der Waals surface area contributed by atoms with Crippen LogP contribution in [0.25, 0.3) is 0 Å². The molecule has 0 spiro atoms. The average Bonchev–Trinajstić information content (AvgIpc) is 3.05. The van der Waals surface area contributed by atoms with Crippen LogP contribution >= 0.6 is 0 Å². The predicted molar refractivity (Wildman–Crippen MR) is 84.7 cm³/mol. The van der Waals surface area contributed by atoms with Gasteiger partial charge in [-0.05, 0) is 31.5 Å². The Bertz CT molecular complexity index is 631. The number of amides is 2. The molecule has 0 aliphatic rings. The van der Waals surface area contributed by atoms with E-state index in [1.807, 2.05) is 10.8 Å². The van der Waals surface area contributed by atoms with Gasteiger partial charge in [-0.1, -0.05) is 0 Å². The summed E-state index contributed by atoms with van der Waals surface area (Å²) in [5.74, 6) is 0.175. The quantitative estimate of drug-likeness (QED) is 0.770. The third kappa shape index (κ3) is 4.98. The van der Waals surface area contributed by atoms with Crippen LogP contribution < -0.4 is 15.4 Å². The number of benzene rings is 1. The fraction of sp³-hybridized carbons (Fsp3) is 0.375. The molecule has 0 aliphatic carbocycles. The summed E-state index contributed by atoms with van der Waals surface area (Å²) in [5, 5.41) is 5.56. The average molecular weight is 320 g/mol. The maximum absolute atomic E-state index is 13.4. The van der Waals surface area contributed by atoms with Gasteiger partial charge in [0.05, 0.1) is 19.5 Å². The van der Waals surface area contributed by atoms with Crippen LogP contribution in [0.5, 0.6) is 5.75 Å². The maximum atomic E-state index is 13.4. The number of halogens is 1. The van der Waals surface area contributed by atoms with Crippen LogP contribution in [0.15, 0.2) is 36.9 Å². The smallest absolute Gasteiger partial charge is 0.315 e. The second kappa shape index (κ2) is 8.17. The monoisotopic (exact) mass is 320 g/mol. The number of imidazole rings is 1. The van der Waals surface area contributed by atoms with E-state index >= 15 is 0 Å². The summed E-state index contributed by atoms with van der Waals surface area (Å²) in [7, 11) is 1.51. The van der Waals surface area contributed by atoms with E-state index in [1.165, 1.54) is 19.2 Å². The van der Waals surface area contributed by atoms with E-state index in [2.05, 4.69) is 15.6 Å². The van der Waals surface area contributed by atoms with Crippen molar-refractivity contribution < 1.29 is 13.9 Å². The second-order valence-electron chi connectivity index (χ2n) is 5.16. The van der Waals surface area contributed by atoms with Crippen molar-refractivity contribution >= 4 is 6.03 Å². The molecular weight excluding hydrogens is 299 g/mol. The highest BCUT2D eigenvalue weighted by Gasteiger charge is 2.14. The first-order chi connectivity index (χ1) is 11.1. The van der Waals surface area contributed by atoms with Crippen LogP contribution in [0.4, 0.5) is 9.18 Å². The number of nitrogens with zero attached hydrogens (tertiary/aromatic N) is 2. The number of urea groups is 1. The highest BCUT2D eigenvalue weighted by atomic mass is 19.1. The van der Waals surface area contributed by atoms with Gasteiger partial charge in [-0.15, -0.1) is 0 Å². The van der Waals surface area contributed by atoms with E-state index in [1.54, 1.807) is 25.5 Å². The largest absolute Gasteiger partial charge is 0.496 e. The van der Waals surface area contributed by atoms with Crippen LogP contribution in [0, 0.1) is 5.82 Å². The van der Waals surface area contributed by atoms with E-state index in [4.69, 9.17) is 4.74 Å². The lowest BCUT2D eigenvalue weighted by molar-refractivity contribution is 0.237. The SMILES string of the molecule is COc1ccc(F)cc1[C@@H](C)NC(=O)NCCCn1ccnc1. The Hall–Kier alpha value is -2.57. The summed E-state index contributed by atoms with van der Waals surface area (Å²) in [4.78, 5) is 15.8. The maximum Gasteiger partial charge on any atom is 0.315 e. The minimum absolute atomic E-state index is 0.297. The zero-order valence-electron chi connectivity index (χ0n) is 13.3. The number of methoxy groups -OCH3 is 1. The molecule has 2 amide bonds. The number of hydrogen-bond acceptors (Lipinski definition) is 3. The lowest BCUT2D eigenvalue weighted by atomic mass is 10.1. The van der Waals surface area contributed by atoms with Gasteiger partial charge in [0.1, 0.15) is 11.6 Å². The molecule has 1 aromatic carbocycles. The molecule has 23 heavy (non-hydrogen) atoms. The molecular formula is C16H21FN4O2. The van der Waals surface area contributed by atoms with Crippen molar-refractivity contribution in [2.24, 2.45) is 0 Å². The molecule has 2 rings (SSSR count). The Labute approximate surface area is 134 Å². The van der Waals surface area contributed by atoms with Gasteiger partial charge in [0, 0.05) is 31.0 Å². The third-order valence-electron chi connectivity index (χ3n) is 3.44. The minimum atomic E-state index is -0.366. The summed E-state index contributed by atoms with van der Waals surface area (Å²) in [6.07, 6.45) is 6.12. The second-order valence-corrected chi connectivity index (χ2v) is 5.16. The first kappa shape index (κ1) is 16.8. The minimum Gasteiger partial charge on any atom is -0.496 e. The van der Waals surface area contributed by atoms with Gasteiger partial charge in [-0.2, -0.15) is 0 Å². The molecule has 0 aliphatic heterocycles. The Morgan fingerprint density at radius 1 is 1.48 bits per heavy atom. The Balaban J connectivity index is 1.79. The molecule has 1 heterocycles. The van der Waals surface area contributed by atoms with Crippen molar-refractivity contribution in [1.29, 1.82) is 0 Å². The number of rotatable bonds is 7. The Morgan fingerprint density at radius 3 is 3.00 bits per heavy atom. The predicted octanol–water partition coefficient (Wildman–Crippen LogP) is 2.48. The molecule has 0 bridgehead atoms. The van der Waals surface area contributed by atoms with Crippen LogP contribution in [0.2, 0.25) is 0 Å². The van der Waals surface area contributed by atoms with Gasteiger partial charge in [-0.3, -0.25) is 0 Å². The molecule has 0 unspecified atom stereocenters. The molecule has 0 radical (unpaired) electrons. The molecule has 1 atom stereocenters. The number of nitrogens with one attached hydrogen (secondary N) is 2. The van der Waals surface area contributed by atoms with Crippen molar-refractivity contribution in [1.82, 2.24) is 20.2 Å². The highest BCUT2D eigenvalue weighted by Crippen LogP contribution is 2.25. The van der Waals surface area contributed by atoms with Crippen molar-refractivity contribution in [3.63, 3.8) is 0 Å². The first-order valence-electron chi connectivity index (χ1n) is 7.43. The lowest BCUT2D eigenvalue weighted by Gasteiger charge is -2.18. The molecule has 1 aromatic heterocycles. The van der Waals surface area contributed by atoms with Gasteiger partial charge in [-0.25, -0.2) is 14.2 Å². The molecule has 124 valence electrons. The van der Waals surface area contributed by atoms with Crippen LogP contribution in [-0.4, -0.2) is 29.2 Å². The fourth-order valence-corrected chi connectivity index (χ4v) is 2.25. The molecule has 0 fully saturated rings. The van der Waals surface area contributed by atoms with Gasteiger partial charge < -0.3 is 19.9 Å². The van der Waals surface area contributed by atoms with E-state index in [0.717, 1.165) is 13.0 Å². The molecule has 7 heteroatoms. The molecule has 0 saturated heterocycles. The van der Waals surface area contributed by atoms with Gasteiger partial charge in [0.25, 0.3) is 0 Å². The Kier molecular flexibility index (Phi) is 5.96. The van der Waals surface area contributed by atoms with E-state index in [0.29, 0.717) is 17.9 Å². The summed E-state index contributed by atoms with van der Waals surface area (Å²) < 4.78 is 20.5. The zero-order chi connectivity index (χ0) is 16.7. The van der Waals surface area contributed by atoms with E-state index < -0.39 is 0 Å². The lowest BCUT2D eigenvalue weighted by Crippen LogP contribution is -2.37. The first-order valence-corrected chi connectivity index (χ1v) is 7.43. The van der Waals surface area contributed by atoms with Gasteiger partial charge >= 0.3 is 6.03 Å². The van der Waals surface area contributed by atoms with E-state index in [-0.39, 0.29) is 17.9 Å². The number of aryl methyl sites for hydroxylation is 1. The van der Waals surface area contributed by atoms with Crippen LogP contribution in [-0.2, 0) is 6.54 Å². The summed E-state index contributed by atoms with van der Waals surface area (Å²) in [6, 6.07) is 3.57. The molecule has 2 N–H and O–H groups in total. The van der Waals surface area contributed by atoms with E-state index in [9.17, 15) is 9.18 Å². The number of ether oxygens (including phenoxy) is 1. The Morgan fingerprint density at radius 2 is 2.30 bits per heavy atom. The molecule has 0 saturated carbocycles. The number of hydrogen-bond donors (Lipinski definition) is 2. The van der Waals surface area contributed by atoms with Crippen molar-refractivity contribution in [2.45, 2.75) is 25.9 Å². The van der Waals surface area contributed by atoms with Gasteiger partial charge in [0.2, 0.25) is 0 Å². The normalized spacial score (nSPS) is 11.8. The summed E-state index contributed by atoms with van der Waals surface area (Å²) in [5.41, 5.74) is 0.598. The van der Waals surface area contributed by atoms with Crippen molar-refractivity contribution in [3.05, 3.63) is 48.3 Å². The molecule has 2 aromatic rings. The summed E-state index contributed by atoms with van der Waals surface area (Å²) in [6.45, 7) is 3.10. The highest BCUT2D eigenvalue weighted by molar-refractivity contribution is 5.74. The standard InChI is InChI=1S/C16H21FN4O2/c1-12(14-10-13(17)4-5-15(14)23-2)20-16(22)19-6-3-8-21-9-7-18-11-21/h4-5,7,9-12H,3,6,8H2,1-2H3,(H2,19,20,22)/t12-/m1/s1. The zero-order valence-corrected chi connectivity index (χ0v) is 13.3. The van der Waals surface area contributed by atoms with Crippen LogP contribution in [0.3, 0.4) is 0 Å². The van der Waals surface area contributed by atoms with Gasteiger partial charge in [0.15, 0.2) is 0 Å². The third-order valence-corrected chi connectivity index (χ3v) is 3.44. The van der Waals surface area contributed by atoms with Crippen molar-refractivity contribution in [3.8, 4) is 5.75 Å². The van der Waals surface area contributed by atoms with Crippen LogP contribution in [0.1, 0.15) is 24.9 Å². The summed E-state index contributed by atoms with van der Waals surface area (Å²) >= 11 is 0. The fourth-order valence-electron chi connectivity index (χ4n) is 2.25. The number of aromatic nitrogens is 2. The van der Waals surface area contributed by atoms with Crippen molar-refractivity contribution in [2.75, 3.05) is 13.7 Å². The topological polar surface area (TPSA) is 68.2 Å². The number of carbonyl (C=O) groups excluding carboxylic acids is 1. The molecule has 6 nitrogen and oxygen atoms in total.